The molecule has 0 saturated heterocycles. The van der Waals surface area contributed by atoms with E-state index in [-0.39, 0.29) is 6.04 Å². The van der Waals surface area contributed by atoms with Gasteiger partial charge in [0.05, 0.1) is 15.7 Å². The van der Waals surface area contributed by atoms with E-state index in [4.69, 9.17) is 34.8 Å². The molecule has 0 amide bonds. The van der Waals surface area contributed by atoms with Crippen molar-refractivity contribution < 1.29 is 4.39 Å². The van der Waals surface area contributed by atoms with Crippen LogP contribution in [0.15, 0.2) is 36.4 Å². The van der Waals surface area contributed by atoms with Crippen molar-refractivity contribution >= 4 is 40.5 Å². The molecule has 0 unspecified atom stereocenters. The van der Waals surface area contributed by atoms with Gasteiger partial charge in [-0.3, -0.25) is 0 Å². The Morgan fingerprint density at radius 2 is 1.67 bits per heavy atom. The Morgan fingerprint density at radius 1 is 1.00 bits per heavy atom. The van der Waals surface area contributed by atoms with Crippen LogP contribution in [0.4, 0.5) is 10.1 Å². The first-order valence-corrected chi connectivity index (χ1v) is 7.83. The fourth-order valence-corrected chi connectivity index (χ4v) is 3.42. The van der Waals surface area contributed by atoms with Crippen molar-refractivity contribution in [2.75, 3.05) is 5.32 Å². The number of hydrogen-bond donors (Lipinski definition) is 1. The fourth-order valence-electron chi connectivity index (χ4n) is 2.65. The van der Waals surface area contributed by atoms with Crippen LogP contribution in [0.2, 0.25) is 15.1 Å². The maximum Gasteiger partial charge on any atom is 0.126 e. The van der Waals surface area contributed by atoms with Crippen molar-refractivity contribution in [3.63, 3.8) is 0 Å². The highest BCUT2D eigenvalue weighted by atomic mass is 35.5. The summed E-state index contributed by atoms with van der Waals surface area (Å²) in [6.07, 6.45) is 1.95. The van der Waals surface area contributed by atoms with Crippen LogP contribution >= 0.6 is 34.8 Å². The summed E-state index contributed by atoms with van der Waals surface area (Å²) in [6.45, 7) is 0. The zero-order chi connectivity index (χ0) is 15.0. The van der Waals surface area contributed by atoms with Gasteiger partial charge < -0.3 is 5.32 Å². The van der Waals surface area contributed by atoms with Gasteiger partial charge in [0, 0.05) is 11.1 Å². The van der Waals surface area contributed by atoms with E-state index in [0.717, 1.165) is 17.9 Å². The van der Waals surface area contributed by atoms with Gasteiger partial charge in [-0.15, -0.1) is 0 Å². The number of hydrogen-bond acceptors (Lipinski definition) is 1. The smallest absolute Gasteiger partial charge is 0.126 e. The molecular weight excluding hydrogens is 332 g/mol. The summed E-state index contributed by atoms with van der Waals surface area (Å²) in [4.78, 5) is 0. The highest BCUT2D eigenvalue weighted by Crippen LogP contribution is 2.41. The van der Waals surface area contributed by atoms with Crippen molar-refractivity contribution in [2.24, 2.45) is 0 Å². The predicted molar refractivity (Wildman–Crippen MR) is 87.3 cm³/mol. The lowest BCUT2D eigenvalue weighted by Crippen LogP contribution is -2.34. The SMILES string of the molecule is Fc1cc(Cl)c(NC2CC(c3cccc(Cl)c3)C2)c(Cl)c1. The maximum atomic E-state index is 13.2. The van der Waals surface area contributed by atoms with Crippen molar-refractivity contribution in [3.8, 4) is 0 Å². The van der Waals surface area contributed by atoms with Gasteiger partial charge in [0.25, 0.3) is 0 Å². The summed E-state index contributed by atoms with van der Waals surface area (Å²) in [5.74, 6) is 0.0557. The third-order valence-corrected chi connectivity index (χ3v) is 4.64. The minimum absolute atomic E-state index is 0.287. The second kappa shape index (κ2) is 6.04. The third-order valence-electron chi connectivity index (χ3n) is 3.81. The normalized spacial score (nSPS) is 21.0. The number of anilines is 1. The molecule has 0 atom stereocenters. The fraction of sp³-hybridized carbons (Fsp3) is 0.250. The molecule has 3 rings (SSSR count). The molecule has 1 aliphatic rings. The van der Waals surface area contributed by atoms with Gasteiger partial charge in [0.2, 0.25) is 0 Å². The van der Waals surface area contributed by atoms with E-state index in [2.05, 4.69) is 11.4 Å². The van der Waals surface area contributed by atoms with Crippen LogP contribution in [0.5, 0.6) is 0 Å². The van der Waals surface area contributed by atoms with E-state index in [1.54, 1.807) is 0 Å². The van der Waals surface area contributed by atoms with E-state index < -0.39 is 5.82 Å². The Bertz CT molecular complexity index is 645. The first-order chi connectivity index (χ1) is 10.0. The van der Waals surface area contributed by atoms with Crippen molar-refractivity contribution in [2.45, 2.75) is 24.8 Å². The maximum absolute atomic E-state index is 13.2. The van der Waals surface area contributed by atoms with Gasteiger partial charge in [-0.1, -0.05) is 46.9 Å². The monoisotopic (exact) mass is 343 g/mol. The van der Waals surface area contributed by atoms with Crippen LogP contribution in [-0.2, 0) is 0 Å². The third kappa shape index (κ3) is 3.28. The van der Waals surface area contributed by atoms with Crippen molar-refractivity contribution in [1.29, 1.82) is 0 Å². The number of halogens is 4. The highest BCUT2D eigenvalue weighted by molar-refractivity contribution is 6.39. The van der Waals surface area contributed by atoms with Gasteiger partial charge in [-0.2, -0.15) is 0 Å². The molecule has 110 valence electrons. The average Bonchev–Trinajstić information content (AvgIpc) is 2.35. The first kappa shape index (κ1) is 15.0. The Morgan fingerprint density at radius 3 is 2.29 bits per heavy atom. The number of benzene rings is 2. The molecule has 0 bridgehead atoms. The molecule has 0 spiro atoms. The van der Waals surface area contributed by atoms with Crippen LogP contribution in [0.1, 0.15) is 24.3 Å². The Hall–Kier alpha value is -0.960. The Labute approximate surface area is 138 Å². The molecule has 1 saturated carbocycles. The Balaban J connectivity index is 1.65. The predicted octanol–water partition coefficient (Wildman–Crippen LogP) is 6.14. The molecule has 0 aromatic heterocycles. The summed E-state index contributed by atoms with van der Waals surface area (Å²) in [7, 11) is 0. The lowest BCUT2D eigenvalue weighted by Gasteiger charge is -2.37. The number of nitrogens with one attached hydrogen (secondary N) is 1. The zero-order valence-electron chi connectivity index (χ0n) is 11.0. The van der Waals surface area contributed by atoms with Crippen LogP contribution in [0, 0.1) is 5.82 Å². The number of rotatable bonds is 3. The lowest BCUT2D eigenvalue weighted by molar-refractivity contribution is 0.374. The molecule has 0 aliphatic heterocycles. The largest absolute Gasteiger partial charge is 0.380 e. The highest BCUT2D eigenvalue weighted by Gasteiger charge is 2.31. The van der Waals surface area contributed by atoms with Gasteiger partial charge in [-0.05, 0) is 48.6 Å². The van der Waals surface area contributed by atoms with Gasteiger partial charge >= 0.3 is 0 Å². The molecule has 5 heteroatoms. The lowest BCUT2D eigenvalue weighted by atomic mass is 9.76. The van der Waals surface area contributed by atoms with Crippen LogP contribution < -0.4 is 5.32 Å². The standard InChI is InChI=1S/C16H13Cl3FN/c17-11-3-1-2-9(4-11)10-5-13(6-10)21-16-14(18)7-12(20)8-15(16)19/h1-4,7-8,10,13,21H,5-6H2. The molecule has 0 radical (unpaired) electrons. The molecule has 2 aromatic carbocycles. The summed E-state index contributed by atoms with van der Waals surface area (Å²) in [5, 5.41) is 4.67. The summed E-state index contributed by atoms with van der Waals surface area (Å²) in [5.41, 5.74) is 1.85. The molecule has 0 heterocycles. The second-order valence-electron chi connectivity index (χ2n) is 5.31. The van der Waals surface area contributed by atoms with E-state index >= 15 is 0 Å². The van der Waals surface area contributed by atoms with Crippen molar-refractivity contribution in [3.05, 3.63) is 62.8 Å². The van der Waals surface area contributed by atoms with Crippen LogP contribution in [0.3, 0.4) is 0 Å². The van der Waals surface area contributed by atoms with Gasteiger partial charge in [0.1, 0.15) is 5.82 Å². The molecule has 21 heavy (non-hydrogen) atoms. The van der Waals surface area contributed by atoms with Gasteiger partial charge in [-0.25, -0.2) is 4.39 Å². The molecular formula is C16H13Cl3FN. The molecule has 1 fully saturated rings. The first-order valence-electron chi connectivity index (χ1n) is 6.69. The average molecular weight is 345 g/mol. The molecule has 1 N–H and O–H groups in total. The quantitative estimate of drug-likeness (QED) is 0.704. The molecule has 1 aliphatic carbocycles. The Kier molecular flexibility index (Phi) is 4.30. The van der Waals surface area contributed by atoms with Crippen molar-refractivity contribution in [1.82, 2.24) is 0 Å². The van der Waals surface area contributed by atoms with E-state index in [0.29, 0.717) is 21.7 Å². The van der Waals surface area contributed by atoms with E-state index in [1.807, 2.05) is 18.2 Å². The molecule has 1 nitrogen and oxygen atoms in total. The van der Waals surface area contributed by atoms with E-state index in [9.17, 15) is 4.39 Å². The van der Waals surface area contributed by atoms with Gasteiger partial charge in [0.15, 0.2) is 0 Å². The second-order valence-corrected chi connectivity index (χ2v) is 6.56. The summed E-state index contributed by atoms with van der Waals surface area (Å²) >= 11 is 18.1. The van der Waals surface area contributed by atoms with Crippen LogP contribution in [-0.4, -0.2) is 6.04 Å². The topological polar surface area (TPSA) is 12.0 Å². The summed E-state index contributed by atoms with van der Waals surface area (Å²) < 4.78 is 13.2. The molecule has 2 aromatic rings. The summed E-state index contributed by atoms with van der Waals surface area (Å²) in [6, 6.07) is 10.7. The minimum Gasteiger partial charge on any atom is -0.380 e. The zero-order valence-corrected chi connectivity index (χ0v) is 13.3. The van der Waals surface area contributed by atoms with E-state index in [1.165, 1.54) is 17.7 Å². The minimum atomic E-state index is -0.430. The van der Waals surface area contributed by atoms with Crippen LogP contribution in [0.25, 0.3) is 0 Å².